The van der Waals surface area contributed by atoms with Crippen LogP contribution in [-0.2, 0) is 0 Å². The lowest BCUT2D eigenvalue weighted by Crippen LogP contribution is -2.45. The third kappa shape index (κ3) is 2.08. The van der Waals surface area contributed by atoms with Crippen LogP contribution in [0.1, 0.15) is 50.4 Å². The molecule has 4 nitrogen and oxygen atoms in total. The zero-order valence-corrected chi connectivity index (χ0v) is 13.1. The minimum absolute atomic E-state index is 0.265. The van der Waals surface area contributed by atoms with Crippen LogP contribution in [0.5, 0.6) is 0 Å². The van der Waals surface area contributed by atoms with E-state index in [1.165, 1.54) is 19.3 Å². The molecule has 3 rings (SSSR count). The van der Waals surface area contributed by atoms with Crippen LogP contribution in [0.3, 0.4) is 0 Å². The number of carbonyl (C=O) groups excluding carboxylic acids is 1. The van der Waals surface area contributed by atoms with Gasteiger partial charge in [0, 0.05) is 17.4 Å². The summed E-state index contributed by atoms with van der Waals surface area (Å²) in [6.07, 6.45) is 3.89. The van der Waals surface area contributed by atoms with Crippen molar-refractivity contribution >= 4 is 17.3 Å². The van der Waals surface area contributed by atoms with Crippen molar-refractivity contribution in [2.75, 3.05) is 11.1 Å². The number of nitrogens with two attached hydrogens (primary N) is 2. The molecule has 0 aromatic heterocycles. The first kappa shape index (κ1) is 14.2. The van der Waals surface area contributed by atoms with Crippen molar-refractivity contribution in [2.45, 2.75) is 46.1 Å². The maximum absolute atomic E-state index is 11.4. The molecule has 0 radical (unpaired) electrons. The molecule has 1 amide bonds. The molecule has 2 fully saturated rings. The third-order valence-corrected chi connectivity index (χ3v) is 5.90. The molecule has 21 heavy (non-hydrogen) atoms. The van der Waals surface area contributed by atoms with E-state index in [4.69, 9.17) is 11.5 Å². The van der Waals surface area contributed by atoms with Crippen LogP contribution >= 0.6 is 0 Å². The lowest BCUT2D eigenvalue weighted by Gasteiger charge is -2.43. The summed E-state index contributed by atoms with van der Waals surface area (Å²) < 4.78 is 0. The van der Waals surface area contributed by atoms with E-state index in [0.717, 1.165) is 11.6 Å². The monoisotopic (exact) mass is 287 g/mol. The van der Waals surface area contributed by atoms with Crippen LogP contribution in [0.4, 0.5) is 11.4 Å². The first-order valence-electron chi connectivity index (χ1n) is 7.70. The molecule has 5 N–H and O–H groups in total. The van der Waals surface area contributed by atoms with Crippen molar-refractivity contribution < 1.29 is 4.79 Å². The fourth-order valence-electron chi connectivity index (χ4n) is 4.69. The van der Waals surface area contributed by atoms with Gasteiger partial charge in [-0.1, -0.05) is 20.8 Å². The molecule has 2 saturated carbocycles. The van der Waals surface area contributed by atoms with E-state index in [1.807, 2.05) is 6.07 Å². The van der Waals surface area contributed by atoms with Crippen molar-refractivity contribution in [1.82, 2.24) is 0 Å². The minimum atomic E-state index is -0.477. The standard InChI is InChI=1S/C17H25N3O/c1-16(2)10-6-7-17(3,9-10)15(16)20-11-4-5-13(18)12(8-11)14(19)21/h4-5,8,10,15,20H,6-7,9,18H2,1-3H3,(H2,19,21). The molecule has 0 spiro atoms. The summed E-state index contributed by atoms with van der Waals surface area (Å²) in [5, 5.41) is 3.66. The van der Waals surface area contributed by atoms with Crippen LogP contribution in [0.15, 0.2) is 18.2 Å². The van der Waals surface area contributed by atoms with Crippen molar-refractivity contribution in [3.63, 3.8) is 0 Å². The number of benzene rings is 1. The largest absolute Gasteiger partial charge is 0.398 e. The number of hydrogen-bond acceptors (Lipinski definition) is 3. The Labute approximate surface area is 126 Å². The summed E-state index contributed by atoms with van der Waals surface area (Å²) in [5.41, 5.74) is 13.6. The highest BCUT2D eigenvalue weighted by atomic mass is 16.1. The van der Waals surface area contributed by atoms with E-state index in [2.05, 4.69) is 26.1 Å². The fraction of sp³-hybridized carbons (Fsp3) is 0.588. The van der Waals surface area contributed by atoms with Gasteiger partial charge in [-0.3, -0.25) is 4.79 Å². The van der Waals surface area contributed by atoms with Gasteiger partial charge >= 0.3 is 0 Å². The Morgan fingerprint density at radius 1 is 1.33 bits per heavy atom. The number of fused-ring (bicyclic) bond motifs is 2. The molecule has 1 aromatic rings. The highest BCUT2D eigenvalue weighted by molar-refractivity contribution is 5.98. The summed E-state index contributed by atoms with van der Waals surface area (Å²) in [4.78, 5) is 11.4. The third-order valence-electron chi connectivity index (χ3n) is 5.90. The SMILES string of the molecule is CC12CCC(C1)C(C)(C)C2Nc1ccc(N)c(C(N)=O)c1. The Morgan fingerprint density at radius 3 is 2.62 bits per heavy atom. The Kier molecular flexibility index (Phi) is 2.98. The van der Waals surface area contributed by atoms with Crippen LogP contribution in [0.2, 0.25) is 0 Å². The van der Waals surface area contributed by atoms with Gasteiger partial charge in [-0.05, 0) is 54.2 Å². The van der Waals surface area contributed by atoms with Crippen LogP contribution < -0.4 is 16.8 Å². The predicted molar refractivity (Wildman–Crippen MR) is 86.0 cm³/mol. The molecule has 4 heteroatoms. The normalized spacial score (nSPS) is 33.1. The van der Waals surface area contributed by atoms with E-state index < -0.39 is 5.91 Å². The first-order valence-corrected chi connectivity index (χ1v) is 7.70. The zero-order valence-electron chi connectivity index (χ0n) is 13.1. The second-order valence-electron chi connectivity index (χ2n) is 7.66. The summed E-state index contributed by atoms with van der Waals surface area (Å²) >= 11 is 0. The lowest BCUT2D eigenvalue weighted by molar-refractivity contribution is 0.100. The molecular formula is C17H25N3O. The van der Waals surface area contributed by atoms with Crippen LogP contribution in [0, 0.1) is 16.7 Å². The van der Waals surface area contributed by atoms with E-state index in [1.54, 1.807) is 12.1 Å². The van der Waals surface area contributed by atoms with Crippen molar-refractivity contribution in [3.05, 3.63) is 23.8 Å². The summed E-state index contributed by atoms with van der Waals surface area (Å²) in [5.74, 6) is 0.305. The topological polar surface area (TPSA) is 81.1 Å². The van der Waals surface area contributed by atoms with Crippen molar-refractivity contribution in [2.24, 2.45) is 22.5 Å². The van der Waals surface area contributed by atoms with Crippen molar-refractivity contribution in [3.8, 4) is 0 Å². The Hall–Kier alpha value is -1.71. The Morgan fingerprint density at radius 2 is 2.05 bits per heavy atom. The van der Waals surface area contributed by atoms with Crippen LogP contribution in [-0.4, -0.2) is 11.9 Å². The van der Waals surface area contributed by atoms with Crippen LogP contribution in [0.25, 0.3) is 0 Å². The molecule has 3 unspecified atom stereocenters. The molecule has 2 bridgehead atoms. The highest BCUT2D eigenvalue weighted by Gasteiger charge is 2.59. The van der Waals surface area contributed by atoms with E-state index >= 15 is 0 Å². The first-order chi connectivity index (χ1) is 9.74. The Balaban J connectivity index is 1.90. The number of nitrogens with one attached hydrogen (secondary N) is 1. The van der Waals surface area contributed by atoms with Gasteiger partial charge in [-0.15, -0.1) is 0 Å². The molecule has 0 heterocycles. The number of hydrogen-bond donors (Lipinski definition) is 3. The second kappa shape index (κ2) is 4.39. The fourth-order valence-corrected chi connectivity index (χ4v) is 4.69. The van der Waals surface area contributed by atoms with Gasteiger partial charge in [-0.25, -0.2) is 0 Å². The number of rotatable bonds is 3. The average molecular weight is 287 g/mol. The molecule has 0 aliphatic heterocycles. The van der Waals surface area contributed by atoms with Gasteiger partial charge in [-0.2, -0.15) is 0 Å². The van der Waals surface area contributed by atoms with Gasteiger partial charge < -0.3 is 16.8 Å². The van der Waals surface area contributed by atoms with Crippen molar-refractivity contribution in [1.29, 1.82) is 0 Å². The average Bonchev–Trinajstić information content (AvgIpc) is 2.87. The van der Waals surface area contributed by atoms with E-state index in [-0.39, 0.29) is 5.41 Å². The number of carbonyl (C=O) groups is 1. The molecule has 3 atom stereocenters. The molecular weight excluding hydrogens is 262 g/mol. The molecule has 0 saturated heterocycles. The predicted octanol–water partition coefficient (Wildman–Crippen LogP) is 2.99. The number of amides is 1. The molecule has 2 aliphatic carbocycles. The smallest absolute Gasteiger partial charge is 0.250 e. The minimum Gasteiger partial charge on any atom is -0.398 e. The molecule has 2 aliphatic rings. The van der Waals surface area contributed by atoms with Gasteiger partial charge in [0.15, 0.2) is 0 Å². The summed E-state index contributed by atoms with van der Waals surface area (Å²) in [7, 11) is 0. The summed E-state index contributed by atoms with van der Waals surface area (Å²) in [6.45, 7) is 7.09. The van der Waals surface area contributed by atoms with Gasteiger partial charge in [0.25, 0.3) is 5.91 Å². The van der Waals surface area contributed by atoms with Gasteiger partial charge in [0.05, 0.1) is 5.56 Å². The quantitative estimate of drug-likeness (QED) is 0.747. The van der Waals surface area contributed by atoms with E-state index in [9.17, 15) is 4.79 Å². The number of anilines is 2. The number of nitrogen functional groups attached to an aromatic ring is 1. The van der Waals surface area contributed by atoms with Gasteiger partial charge in [0.1, 0.15) is 0 Å². The second-order valence-corrected chi connectivity index (χ2v) is 7.66. The molecule has 114 valence electrons. The summed E-state index contributed by atoms with van der Waals surface area (Å²) in [6, 6.07) is 5.88. The number of primary amides is 1. The van der Waals surface area contributed by atoms with E-state index in [0.29, 0.717) is 22.7 Å². The maximum Gasteiger partial charge on any atom is 0.250 e. The van der Waals surface area contributed by atoms with Gasteiger partial charge in [0.2, 0.25) is 0 Å². The molecule has 1 aromatic carbocycles. The lowest BCUT2D eigenvalue weighted by atomic mass is 9.68. The maximum atomic E-state index is 11.4. The zero-order chi connectivity index (χ0) is 15.4. The Bertz CT molecular complexity index is 591. The highest BCUT2D eigenvalue weighted by Crippen LogP contribution is 2.63.